The fourth-order valence-electron chi connectivity index (χ4n) is 5.15. The van der Waals surface area contributed by atoms with E-state index in [2.05, 4.69) is 6.92 Å². The topological polar surface area (TPSA) is 71.7 Å². The average Bonchev–Trinajstić information content (AvgIpc) is 3.17. The molecule has 5 nitrogen and oxygen atoms in total. The molecule has 2 heterocycles. The molecule has 0 bridgehead atoms. The maximum Gasteiger partial charge on any atom is 0.335 e. The summed E-state index contributed by atoms with van der Waals surface area (Å²) in [6.45, 7) is 4.77. The number of rotatable bonds is 4. The molecule has 1 unspecified atom stereocenters. The summed E-state index contributed by atoms with van der Waals surface area (Å²) < 4.78 is 36.6. The van der Waals surface area contributed by atoms with Crippen LogP contribution in [0.1, 0.15) is 41.4 Å². The standard InChI is InChI=1S/C28H25F2NO4/c1-16-12-20(8-9-21(16)30)31-22-13-19(29)14-23(32)25(22)24(17-4-6-18(7-5-17)27(33)34)26(31)28(2)10-3-11-35-15-28/h4-9,12-14,32H,3,10-11,15H2,1-2H3,(H,33,34). The number of aromatic carboxylic acids is 1. The predicted octanol–water partition coefficient (Wildman–Crippen LogP) is 6.36. The van der Waals surface area contributed by atoms with E-state index >= 15 is 0 Å². The number of benzene rings is 3. The maximum absolute atomic E-state index is 14.6. The second kappa shape index (κ2) is 8.50. The minimum Gasteiger partial charge on any atom is -0.507 e. The molecule has 35 heavy (non-hydrogen) atoms. The van der Waals surface area contributed by atoms with Gasteiger partial charge in [-0.25, -0.2) is 13.6 Å². The largest absolute Gasteiger partial charge is 0.507 e. The highest BCUT2D eigenvalue weighted by atomic mass is 19.1. The number of carbonyl (C=O) groups is 1. The average molecular weight is 478 g/mol. The summed E-state index contributed by atoms with van der Waals surface area (Å²) in [7, 11) is 0. The maximum atomic E-state index is 14.6. The van der Waals surface area contributed by atoms with E-state index in [4.69, 9.17) is 4.74 Å². The summed E-state index contributed by atoms with van der Waals surface area (Å²) >= 11 is 0. The fourth-order valence-corrected chi connectivity index (χ4v) is 5.15. The zero-order valence-corrected chi connectivity index (χ0v) is 19.4. The number of carboxylic acid groups (broad SMARTS) is 1. The van der Waals surface area contributed by atoms with E-state index < -0.39 is 17.2 Å². The van der Waals surface area contributed by atoms with Gasteiger partial charge in [0.2, 0.25) is 0 Å². The Morgan fingerprint density at radius 3 is 2.46 bits per heavy atom. The zero-order chi connectivity index (χ0) is 24.9. The molecule has 5 rings (SSSR count). The molecule has 0 amide bonds. The summed E-state index contributed by atoms with van der Waals surface area (Å²) in [5.74, 6) is -2.22. The molecule has 1 fully saturated rings. The first-order chi connectivity index (χ1) is 16.7. The van der Waals surface area contributed by atoms with Crippen molar-refractivity contribution >= 4 is 16.9 Å². The number of hydrogen-bond acceptors (Lipinski definition) is 3. The number of aromatic nitrogens is 1. The van der Waals surface area contributed by atoms with Gasteiger partial charge in [-0.15, -0.1) is 0 Å². The Labute approximate surface area is 201 Å². The Morgan fingerprint density at radius 1 is 1.09 bits per heavy atom. The van der Waals surface area contributed by atoms with Gasteiger partial charge in [0, 0.05) is 35.0 Å². The van der Waals surface area contributed by atoms with Crippen LogP contribution < -0.4 is 0 Å². The van der Waals surface area contributed by atoms with E-state index in [-0.39, 0.29) is 17.1 Å². The fraction of sp³-hybridized carbons (Fsp3) is 0.250. The van der Waals surface area contributed by atoms with E-state index in [0.29, 0.717) is 46.5 Å². The molecule has 0 spiro atoms. The Bertz CT molecular complexity index is 1450. The van der Waals surface area contributed by atoms with Crippen molar-refractivity contribution in [2.45, 2.75) is 32.1 Å². The number of hydrogen-bond donors (Lipinski definition) is 2. The third kappa shape index (κ3) is 3.86. The summed E-state index contributed by atoms with van der Waals surface area (Å²) in [5, 5.41) is 20.8. The van der Waals surface area contributed by atoms with E-state index in [9.17, 15) is 23.8 Å². The van der Waals surface area contributed by atoms with E-state index in [1.807, 2.05) is 4.57 Å². The predicted molar refractivity (Wildman–Crippen MR) is 129 cm³/mol. The van der Waals surface area contributed by atoms with Crippen LogP contribution in [0.5, 0.6) is 5.75 Å². The van der Waals surface area contributed by atoms with Gasteiger partial charge in [0.05, 0.1) is 23.1 Å². The number of ether oxygens (including phenoxy) is 1. The monoisotopic (exact) mass is 477 g/mol. The highest BCUT2D eigenvalue weighted by Gasteiger charge is 2.38. The van der Waals surface area contributed by atoms with Crippen LogP contribution in [0.4, 0.5) is 8.78 Å². The van der Waals surface area contributed by atoms with Gasteiger partial charge < -0.3 is 19.5 Å². The van der Waals surface area contributed by atoms with E-state index in [1.54, 1.807) is 31.2 Å². The molecule has 1 aromatic heterocycles. The number of phenolic OH excluding ortho intramolecular Hbond substituents is 1. The van der Waals surface area contributed by atoms with Crippen LogP contribution in [0.3, 0.4) is 0 Å². The third-order valence-corrected chi connectivity index (χ3v) is 6.84. The van der Waals surface area contributed by atoms with Crippen LogP contribution in [0.25, 0.3) is 27.7 Å². The SMILES string of the molecule is Cc1cc(-n2c(C3(C)CCCOC3)c(-c3ccc(C(=O)O)cc3)c3c(O)cc(F)cc32)ccc1F. The molecule has 180 valence electrons. The van der Waals surface area contributed by atoms with Crippen LogP contribution in [0.15, 0.2) is 54.6 Å². The Hall–Kier alpha value is -3.71. The van der Waals surface area contributed by atoms with Crippen molar-refractivity contribution in [1.29, 1.82) is 0 Å². The number of halogens is 2. The molecule has 3 aromatic carbocycles. The van der Waals surface area contributed by atoms with Gasteiger partial charge >= 0.3 is 5.97 Å². The van der Waals surface area contributed by atoms with Gasteiger partial charge in [-0.05, 0) is 67.3 Å². The number of aryl methyl sites for hydroxylation is 1. The lowest BCUT2D eigenvalue weighted by Gasteiger charge is -2.36. The first-order valence-corrected chi connectivity index (χ1v) is 11.4. The Balaban J connectivity index is 1.93. The van der Waals surface area contributed by atoms with Gasteiger partial charge in [0.15, 0.2) is 0 Å². The number of aromatic hydroxyl groups is 1. The summed E-state index contributed by atoms with van der Waals surface area (Å²) in [4.78, 5) is 11.4. The van der Waals surface area contributed by atoms with Crippen LogP contribution >= 0.6 is 0 Å². The van der Waals surface area contributed by atoms with Crippen LogP contribution in [-0.2, 0) is 10.2 Å². The molecule has 1 atom stereocenters. The van der Waals surface area contributed by atoms with Gasteiger partial charge in [-0.3, -0.25) is 0 Å². The summed E-state index contributed by atoms with van der Waals surface area (Å²) in [5.41, 5.74) is 3.28. The smallest absolute Gasteiger partial charge is 0.335 e. The van der Waals surface area contributed by atoms with E-state index in [1.165, 1.54) is 24.3 Å². The number of nitrogens with zero attached hydrogens (tertiary/aromatic N) is 1. The molecule has 4 aromatic rings. The van der Waals surface area contributed by atoms with Crippen LogP contribution in [0, 0.1) is 18.6 Å². The zero-order valence-electron chi connectivity index (χ0n) is 19.4. The molecule has 1 saturated heterocycles. The minimum atomic E-state index is -1.04. The molecular formula is C28H25F2NO4. The highest BCUT2D eigenvalue weighted by molar-refractivity contribution is 6.04. The molecule has 1 aliphatic rings. The minimum absolute atomic E-state index is 0.135. The van der Waals surface area contributed by atoms with Crippen molar-refractivity contribution in [3.63, 3.8) is 0 Å². The first-order valence-electron chi connectivity index (χ1n) is 11.4. The van der Waals surface area contributed by atoms with Crippen molar-refractivity contribution in [3.8, 4) is 22.6 Å². The normalized spacial score (nSPS) is 18.2. The third-order valence-electron chi connectivity index (χ3n) is 6.84. The van der Waals surface area contributed by atoms with Gasteiger partial charge in [0.1, 0.15) is 17.4 Å². The summed E-state index contributed by atoms with van der Waals surface area (Å²) in [6.07, 6.45) is 1.60. The molecule has 7 heteroatoms. The number of fused-ring (bicyclic) bond motifs is 1. The van der Waals surface area contributed by atoms with Crippen molar-refractivity contribution in [1.82, 2.24) is 4.57 Å². The van der Waals surface area contributed by atoms with Crippen molar-refractivity contribution in [2.24, 2.45) is 0 Å². The Morgan fingerprint density at radius 2 is 1.83 bits per heavy atom. The van der Waals surface area contributed by atoms with Crippen molar-refractivity contribution in [3.05, 3.63) is 83.1 Å². The lowest BCUT2D eigenvalue weighted by atomic mass is 9.78. The summed E-state index contributed by atoms with van der Waals surface area (Å²) in [6, 6.07) is 13.5. The van der Waals surface area contributed by atoms with Gasteiger partial charge in [-0.2, -0.15) is 0 Å². The van der Waals surface area contributed by atoms with Gasteiger partial charge in [0.25, 0.3) is 0 Å². The molecular weight excluding hydrogens is 452 g/mol. The lowest BCUT2D eigenvalue weighted by molar-refractivity contribution is 0.0399. The van der Waals surface area contributed by atoms with Crippen LogP contribution in [-0.4, -0.2) is 34.0 Å². The molecule has 2 N–H and O–H groups in total. The molecule has 0 aliphatic carbocycles. The Kier molecular flexibility index (Phi) is 5.60. The first kappa shape index (κ1) is 23.1. The number of phenols is 1. The van der Waals surface area contributed by atoms with Crippen molar-refractivity contribution in [2.75, 3.05) is 13.2 Å². The molecule has 0 saturated carbocycles. The second-order valence-electron chi connectivity index (χ2n) is 9.41. The quantitative estimate of drug-likeness (QED) is 0.359. The van der Waals surface area contributed by atoms with Crippen molar-refractivity contribution < 1.29 is 28.5 Å². The van der Waals surface area contributed by atoms with Crippen LogP contribution in [0.2, 0.25) is 0 Å². The highest BCUT2D eigenvalue weighted by Crippen LogP contribution is 2.48. The molecule has 0 radical (unpaired) electrons. The van der Waals surface area contributed by atoms with E-state index in [0.717, 1.165) is 24.6 Å². The number of carboxylic acids is 1. The molecule has 1 aliphatic heterocycles. The second-order valence-corrected chi connectivity index (χ2v) is 9.41. The van der Waals surface area contributed by atoms with Gasteiger partial charge in [-0.1, -0.05) is 19.1 Å². The lowest BCUT2D eigenvalue weighted by Crippen LogP contribution is -2.35.